The first-order valence-corrected chi connectivity index (χ1v) is 6.50. The third-order valence-corrected chi connectivity index (χ3v) is 4.22. The van der Waals surface area contributed by atoms with E-state index >= 15 is 0 Å². The molecule has 0 saturated carbocycles. The maximum Gasteiger partial charge on any atom is 0.0438 e. The molecule has 0 unspecified atom stereocenters. The molecular weight excluding hydrogens is 214 g/mol. The molecule has 2 heteroatoms. The van der Waals surface area contributed by atoms with Gasteiger partial charge in [0, 0.05) is 16.8 Å². The molecule has 16 heavy (non-hydrogen) atoms. The van der Waals surface area contributed by atoms with Crippen LogP contribution in [0.1, 0.15) is 27.3 Å². The van der Waals surface area contributed by atoms with Crippen LogP contribution in [-0.2, 0) is 12.8 Å². The quantitative estimate of drug-likeness (QED) is 0.782. The van der Waals surface area contributed by atoms with Crippen LogP contribution >= 0.6 is 11.3 Å². The molecule has 0 aliphatic heterocycles. The van der Waals surface area contributed by atoms with E-state index in [0.29, 0.717) is 0 Å². The van der Waals surface area contributed by atoms with Gasteiger partial charge < -0.3 is 0 Å². The first-order valence-electron chi connectivity index (χ1n) is 5.62. The van der Waals surface area contributed by atoms with Crippen molar-refractivity contribution >= 4 is 11.3 Å². The van der Waals surface area contributed by atoms with Gasteiger partial charge in [-0.15, -0.1) is 11.3 Å². The first kappa shape index (κ1) is 11.3. The molecule has 0 amide bonds. The summed E-state index contributed by atoms with van der Waals surface area (Å²) in [7, 11) is 0. The van der Waals surface area contributed by atoms with E-state index in [0.717, 1.165) is 12.8 Å². The van der Waals surface area contributed by atoms with Crippen LogP contribution in [0.5, 0.6) is 0 Å². The Balaban J connectivity index is 2.11. The highest BCUT2D eigenvalue weighted by molar-refractivity contribution is 7.10. The highest BCUT2D eigenvalue weighted by atomic mass is 32.1. The predicted molar refractivity (Wildman–Crippen MR) is 70.2 cm³/mol. The standard InChI is InChI=1S/C14H17NS/c1-10-6-8-15-13(12(10)3)4-5-14-11(2)7-9-16-14/h6-9H,4-5H2,1-3H3. The van der Waals surface area contributed by atoms with Gasteiger partial charge in [-0.2, -0.15) is 0 Å². The average molecular weight is 231 g/mol. The minimum Gasteiger partial charge on any atom is -0.261 e. The maximum atomic E-state index is 4.47. The van der Waals surface area contributed by atoms with E-state index in [2.05, 4.69) is 43.3 Å². The van der Waals surface area contributed by atoms with Crippen LogP contribution in [0.2, 0.25) is 0 Å². The molecule has 0 N–H and O–H groups in total. The summed E-state index contributed by atoms with van der Waals surface area (Å²) in [6, 6.07) is 4.27. The monoisotopic (exact) mass is 231 g/mol. The summed E-state index contributed by atoms with van der Waals surface area (Å²) < 4.78 is 0. The molecule has 0 radical (unpaired) electrons. The van der Waals surface area contributed by atoms with Crippen molar-refractivity contribution in [1.29, 1.82) is 0 Å². The summed E-state index contributed by atoms with van der Waals surface area (Å²) in [5.74, 6) is 0. The average Bonchev–Trinajstić information content (AvgIpc) is 2.67. The minimum atomic E-state index is 1.05. The van der Waals surface area contributed by atoms with Crippen molar-refractivity contribution in [1.82, 2.24) is 4.98 Å². The van der Waals surface area contributed by atoms with Crippen molar-refractivity contribution in [2.24, 2.45) is 0 Å². The zero-order valence-electron chi connectivity index (χ0n) is 10.1. The normalized spacial score (nSPS) is 10.7. The number of hydrogen-bond acceptors (Lipinski definition) is 2. The Bertz CT molecular complexity index is 485. The number of aromatic nitrogens is 1. The topological polar surface area (TPSA) is 12.9 Å². The molecule has 84 valence electrons. The lowest BCUT2D eigenvalue weighted by Crippen LogP contribution is -1.98. The number of pyridine rings is 1. The second kappa shape index (κ2) is 4.79. The molecule has 2 rings (SSSR count). The Morgan fingerprint density at radius 3 is 2.56 bits per heavy atom. The smallest absolute Gasteiger partial charge is 0.0438 e. The van der Waals surface area contributed by atoms with Crippen molar-refractivity contribution in [2.75, 3.05) is 0 Å². The molecule has 2 aromatic rings. The lowest BCUT2D eigenvalue weighted by Gasteiger charge is -2.06. The summed E-state index contributed by atoms with van der Waals surface area (Å²) >= 11 is 1.85. The molecule has 0 saturated heterocycles. The van der Waals surface area contributed by atoms with Gasteiger partial charge in [0.2, 0.25) is 0 Å². The fraction of sp³-hybridized carbons (Fsp3) is 0.357. The van der Waals surface area contributed by atoms with Gasteiger partial charge in [0.1, 0.15) is 0 Å². The molecule has 0 atom stereocenters. The summed E-state index contributed by atoms with van der Waals surface area (Å²) in [6.45, 7) is 6.50. The molecule has 2 aromatic heterocycles. The number of aryl methyl sites for hydroxylation is 4. The third-order valence-electron chi connectivity index (χ3n) is 3.14. The van der Waals surface area contributed by atoms with Gasteiger partial charge >= 0.3 is 0 Å². The predicted octanol–water partition coefficient (Wildman–Crippen LogP) is 3.85. The molecule has 0 spiro atoms. The van der Waals surface area contributed by atoms with Crippen LogP contribution in [0.4, 0.5) is 0 Å². The second-order valence-electron chi connectivity index (χ2n) is 4.23. The van der Waals surface area contributed by atoms with Crippen molar-refractivity contribution in [3.05, 3.63) is 51.0 Å². The summed E-state index contributed by atoms with van der Waals surface area (Å²) in [6.07, 6.45) is 4.08. The lowest BCUT2D eigenvalue weighted by atomic mass is 10.0. The summed E-state index contributed by atoms with van der Waals surface area (Å²) in [5.41, 5.74) is 5.34. The summed E-state index contributed by atoms with van der Waals surface area (Å²) in [4.78, 5) is 5.96. The van der Waals surface area contributed by atoms with Crippen LogP contribution in [0.15, 0.2) is 23.7 Å². The highest BCUT2D eigenvalue weighted by Gasteiger charge is 2.05. The fourth-order valence-corrected chi connectivity index (χ4v) is 2.74. The van der Waals surface area contributed by atoms with Gasteiger partial charge in [0.15, 0.2) is 0 Å². The van der Waals surface area contributed by atoms with E-state index < -0.39 is 0 Å². The molecule has 0 aromatic carbocycles. The zero-order chi connectivity index (χ0) is 11.5. The summed E-state index contributed by atoms with van der Waals surface area (Å²) in [5, 5.41) is 2.17. The van der Waals surface area contributed by atoms with Crippen LogP contribution in [0, 0.1) is 20.8 Å². The van der Waals surface area contributed by atoms with Gasteiger partial charge in [-0.1, -0.05) is 0 Å². The van der Waals surface area contributed by atoms with Gasteiger partial charge in [-0.3, -0.25) is 4.98 Å². The van der Waals surface area contributed by atoms with Gasteiger partial charge in [0.05, 0.1) is 0 Å². The van der Waals surface area contributed by atoms with Crippen LogP contribution in [-0.4, -0.2) is 4.98 Å². The van der Waals surface area contributed by atoms with Crippen LogP contribution in [0.25, 0.3) is 0 Å². The van der Waals surface area contributed by atoms with E-state index in [1.165, 1.54) is 27.3 Å². The number of nitrogens with zero attached hydrogens (tertiary/aromatic N) is 1. The van der Waals surface area contributed by atoms with E-state index in [1.807, 2.05) is 17.5 Å². The number of hydrogen-bond donors (Lipinski definition) is 0. The van der Waals surface area contributed by atoms with Gasteiger partial charge in [-0.25, -0.2) is 0 Å². The Morgan fingerprint density at radius 2 is 1.88 bits per heavy atom. The molecule has 1 nitrogen and oxygen atoms in total. The van der Waals surface area contributed by atoms with Crippen molar-refractivity contribution in [3.63, 3.8) is 0 Å². The first-order chi connectivity index (χ1) is 7.68. The Hall–Kier alpha value is -1.15. The number of thiophene rings is 1. The number of rotatable bonds is 3. The Kier molecular flexibility index (Phi) is 3.39. The SMILES string of the molecule is Cc1ccsc1CCc1nccc(C)c1C. The van der Waals surface area contributed by atoms with E-state index in [9.17, 15) is 0 Å². The van der Waals surface area contributed by atoms with E-state index in [1.54, 1.807) is 0 Å². The molecule has 0 aliphatic carbocycles. The fourth-order valence-electron chi connectivity index (χ4n) is 1.83. The van der Waals surface area contributed by atoms with Gasteiger partial charge in [0.25, 0.3) is 0 Å². The van der Waals surface area contributed by atoms with Crippen molar-refractivity contribution in [2.45, 2.75) is 33.6 Å². The zero-order valence-corrected chi connectivity index (χ0v) is 10.9. The minimum absolute atomic E-state index is 1.05. The van der Waals surface area contributed by atoms with Gasteiger partial charge in [-0.05, 0) is 67.8 Å². The maximum absolute atomic E-state index is 4.47. The molecule has 0 fully saturated rings. The molecule has 2 heterocycles. The largest absolute Gasteiger partial charge is 0.261 e. The lowest BCUT2D eigenvalue weighted by molar-refractivity contribution is 0.903. The van der Waals surface area contributed by atoms with Crippen LogP contribution < -0.4 is 0 Å². The van der Waals surface area contributed by atoms with Crippen molar-refractivity contribution in [3.8, 4) is 0 Å². The molecule has 0 bridgehead atoms. The Labute approximate surface area is 101 Å². The van der Waals surface area contributed by atoms with E-state index in [4.69, 9.17) is 0 Å². The molecule has 0 aliphatic rings. The molecular formula is C14H17NS. The van der Waals surface area contributed by atoms with Crippen molar-refractivity contribution < 1.29 is 0 Å². The second-order valence-corrected chi connectivity index (χ2v) is 5.23. The third kappa shape index (κ3) is 2.33. The van der Waals surface area contributed by atoms with E-state index in [-0.39, 0.29) is 0 Å². The highest BCUT2D eigenvalue weighted by Crippen LogP contribution is 2.19. The Morgan fingerprint density at radius 1 is 1.06 bits per heavy atom. The van der Waals surface area contributed by atoms with Crippen LogP contribution in [0.3, 0.4) is 0 Å².